The Morgan fingerprint density at radius 3 is 1.36 bits per heavy atom. The first-order valence-electron chi connectivity index (χ1n) is 13.6. The summed E-state index contributed by atoms with van der Waals surface area (Å²) in [6, 6.07) is 54.7. The van der Waals surface area contributed by atoms with E-state index in [-0.39, 0.29) is 0 Å². The highest BCUT2D eigenvalue weighted by Crippen LogP contribution is 2.46. The molecule has 1 aliphatic heterocycles. The fourth-order valence-corrected chi connectivity index (χ4v) is 5.91. The van der Waals surface area contributed by atoms with E-state index < -0.39 is 0 Å². The molecule has 0 atom stereocenters. The summed E-state index contributed by atoms with van der Waals surface area (Å²) in [6.07, 6.45) is 0. The van der Waals surface area contributed by atoms with E-state index in [1.807, 2.05) is 0 Å². The zero-order valence-corrected chi connectivity index (χ0v) is 21.8. The smallest absolute Gasteiger partial charge is 0.0443 e. The van der Waals surface area contributed by atoms with Crippen LogP contribution < -0.4 is 4.90 Å². The first-order valence-corrected chi connectivity index (χ1v) is 13.6. The first-order chi connectivity index (χ1) is 19.3. The summed E-state index contributed by atoms with van der Waals surface area (Å²) in [6.45, 7) is 1.77. The molecule has 0 radical (unpaired) electrons. The van der Waals surface area contributed by atoms with Crippen LogP contribution >= 0.6 is 0 Å². The van der Waals surface area contributed by atoms with Crippen molar-refractivity contribution >= 4 is 5.69 Å². The topological polar surface area (TPSA) is 3.24 Å². The molecule has 7 rings (SSSR count). The molecule has 0 saturated carbocycles. The molecule has 0 saturated heterocycles. The second-order valence-corrected chi connectivity index (χ2v) is 10.2. The van der Waals surface area contributed by atoms with Crippen LogP contribution in [0.15, 0.2) is 152 Å². The predicted octanol–water partition coefficient (Wildman–Crippen LogP) is 9.87. The van der Waals surface area contributed by atoms with Gasteiger partial charge in [-0.2, -0.15) is 0 Å². The third-order valence-electron chi connectivity index (χ3n) is 7.82. The van der Waals surface area contributed by atoms with Crippen LogP contribution in [0.5, 0.6) is 0 Å². The van der Waals surface area contributed by atoms with E-state index in [0.717, 1.165) is 13.1 Å². The van der Waals surface area contributed by atoms with Crippen LogP contribution in [0.4, 0.5) is 5.69 Å². The molecule has 1 heteroatoms. The highest BCUT2D eigenvalue weighted by atomic mass is 15.1. The summed E-state index contributed by atoms with van der Waals surface area (Å²) in [5.41, 5.74) is 14.4. The molecule has 1 nitrogen and oxygen atoms in total. The molecule has 0 bridgehead atoms. The van der Waals surface area contributed by atoms with Crippen LogP contribution in [0.1, 0.15) is 11.1 Å². The zero-order chi connectivity index (χ0) is 26.0. The Labute approximate surface area is 230 Å². The number of fused-ring (bicyclic) bond motifs is 1. The van der Waals surface area contributed by atoms with Gasteiger partial charge in [-0.3, -0.25) is 0 Å². The fourth-order valence-electron chi connectivity index (χ4n) is 5.91. The van der Waals surface area contributed by atoms with Gasteiger partial charge in [0.15, 0.2) is 0 Å². The molecule has 186 valence electrons. The highest BCUT2D eigenvalue weighted by molar-refractivity contribution is 5.92. The van der Waals surface area contributed by atoms with Gasteiger partial charge in [-0.25, -0.2) is 0 Å². The van der Waals surface area contributed by atoms with E-state index in [2.05, 4.69) is 157 Å². The summed E-state index contributed by atoms with van der Waals surface area (Å²) >= 11 is 0. The van der Waals surface area contributed by atoms with E-state index >= 15 is 0 Å². The minimum Gasteiger partial charge on any atom is -0.363 e. The molecule has 6 aromatic carbocycles. The molecule has 0 fully saturated rings. The lowest BCUT2D eigenvalue weighted by atomic mass is 9.84. The Morgan fingerprint density at radius 1 is 0.359 bits per heavy atom. The monoisotopic (exact) mass is 499 g/mol. The molecule has 1 heterocycles. The Hall–Kier alpha value is -4.88. The summed E-state index contributed by atoms with van der Waals surface area (Å²) in [7, 11) is 0. The van der Waals surface area contributed by atoms with Gasteiger partial charge in [-0.05, 0) is 73.8 Å². The van der Waals surface area contributed by atoms with Gasteiger partial charge in [0.2, 0.25) is 0 Å². The molecule has 1 aliphatic rings. The van der Waals surface area contributed by atoms with Crippen LogP contribution in [-0.4, -0.2) is 0 Å². The fraction of sp³-hybridized carbons (Fsp3) is 0.0526. The number of hydrogen-bond donors (Lipinski definition) is 0. The lowest BCUT2D eigenvalue weighted by molar-refractivity contribution is 0.881. The van der Waals surface area contributed by atoms with Crippen molar-refractivity contribution < 1.29 is 0 Å². The van der Waals surface area contributed by atoms with Gasteiger partial charge < -0.3 is 4.90 Å². The van der Waals surface area contributed by atoms with Crippen LogP contribution in [0.3, 0.4) is 0 Å². The summed E-state index contributed by atoms with van der Waals surface area (Å²) in [4.78, 5) is 2.52. The quantitative estimate of drug-likeness (QED) is 0.228. The highest BCUT2D eigenvalue weighted by Gasteiger charge is 2.28. The number of rotatable bonds is 5. The molecular formula is C38H29N. The van der Waals surface area contributed by atoms with Crippen molar-refractivity contribution in [3.63, 3.8) is 0 Å². The van der Waals surface area contributed by atoms with Crippen molar-refractivity contribution in [1.82, 2.24) is 0 Å². The normalized spacial score (nSPS) is 12.4. The van der Waals surface area contributed by atoms with Gasteiger partial charge >= 0.3 is 0 Å². The van der Waals surface area contributed by atoms with Crippen LogP contribution in [-0.2, 0) is 13.1 Å². The Kier molecular flexibility index (Phi) is 6.03. The van der Waals surface area contributed by atoms with Crippen molar-refractivity contribution in [3.8, 4) is 44.5 Å². The van der Waals surface area contributed by atoms with E-state index in [9.17, 15) is 0 Å². The molecule has 0 aromatic heterocycles. The largest absolute Gasteiger partial charge is 0.363 e. The molecule has 0 aliphatic carbocycles. The molecule has 6 aromatic rings. The molecule has 0 unspecified atom stereocenters. The molecule has 39 heavy (non-hydrogen) atoms. The van der Waals surface area contributed by atoms with Gasteiger partial charge in [-0.1, -0.05) is 133 Å². The third-order valence-corrected chi connectivity index (χ3v) is 7.82. The standard InChI is InChI=1S/C38H29N/c1-5-13-28(14-6-1)29-21-23-33(24-22-29)39-26-36-34(30-15-7-2-8-16-30)25-35(31-17-9-3-10-18-31)38(37(36)27-39)32-19-11-4-12-20-32/h1-25H,26-27H2. The van der Waals surface area contributed by atoms with Gasteiger partial charge in [0.1, 0.15) is 0 Å². The van der Waals surface area contributed by atoms with Crippen molar-refractivity contribution in [3.05, 3.63) is 163 Å². The second-order valence-electron chi connectivity index (χ2n) is 10.2. The van der Waals surface area contributed by atoms with Crippen molar-refractivity contribution in [2.75, 3.05) is 4.90 Å². The zero-order valence-electron chi connectivity index (χ0n) is 21.8. The van der Waals surface area contributed by atoms with Crippen LogP contribution in [0.2, 0.25) is 0 Å². The lowest BCUT2D eigenvalue weighted by Gasteiger charge is -2.19. The first kappa shape index (κ1) is 23.3. The maximum Gasteiger partial charge on any atom is 0.0443 e. The van der Waals surface area contributed by atoms with Crippen molar-refractivity contribution in [2.24, 2.45) is 0 Å². The summed E-state index contributed by atoms with van der Waals surface area (Å²) < 4.78 is 0. The average Bonchev–Trinajstić information content (AvgIpc) is 3.47. The van der Waals surface area contributed by atoms with Gasteiger partial charge in [-0.15, -0.1) is 0 Å². The van der Waals surface area contributed by atoms with Crippen molar-refractivity contribution in [2.45, 2.75) is 13.1 Å². The Balaban J connectivity index is 1.39. The number of anilines is 1. The van der Waals surface area contributed by atoms with E-state index in [4.69, 9.17) is 0 Å². The summed E-state index contributed by atoms with van der Waals surface area (Å²) in [5.74, 6) is 0. The third kappa shape index (κ3) is 4.43. The van der Waals surface area contributed by atoms with Crippen LogP contribution in [0, 0.1) is 0 Å². The molecule has 0 spiro atoms. The lowest BCUT2D eigenvalue weighted by Crippen LogP contribution is -2.14. The van der Waals surface area contributed by atoms with E-state index in [0.29, 0.717) is 0 Å². The number of hydrogen-bond acceptors (Lipinski definition) is 1. The second kappa shape index (κ2) is 10.1. The van der Waals surface area contributed by atoms with Crippen molar-refractivity contribution in [1.29, 1.82) is 0 Å². The Bertz CT molecular complexity index is 1710. The predicted molar refractivity (Wildman–Crippen MR) is 165 cm³/mol. The number of nitrogens with zero attached hydrogens (tertiary/aromatic N) is 1. The maximum atomic E-state index is 2.52. The van der Waals surface area contributed by atoms with Gasteiger partial charge in [0.05, 0.1) is 0 Å². The summed E-state index contributed by atoms with van der Waals surface area (Å²) in [5, 5.41) is 0. The minimum atomic E-state index is 0.880. The number of benzene rings is 6. The molecule has 0 N–H and O–H groups in total. The van der Waals surface area contributed by atoms with Gasteiger partial charge in [0.25, 0.3) is 0 Å². The average molecular weight is 500 g/mol. The molecular weight excluding hydrogens is 470 g/mol. The van der Waals surface area contributed by atoms with Gasteiger partial charge in [0, 0.05) is 18.8 Å². The Morgan fingerprint density at radius 2 is 0.795 bits per heavy atom. The van der Waals surface area contributed by atoms with Crippen LogP contribution in [0.25, 0.3) is 44.5 Å². The SMILES string of the molecule is c1ccc(-c2ccc(N3Cc4c(-c5ccccc5)cc(-c5ccccc5)c(-c5ccccc5)c4C3)cc2)cc1. The molecule has 0 amide bonds. The minimum absolute atomic E-state index is 0.880. The maximum absolute atomic E-state index is 2.52. The van der Waals surface area contributed by atoms with E-state index in [1.165, 1.54) is 61.3 Å². The van der Waals surface area contributed by atoms with E-state index in [1.54, 1.807) is 0 Å².